The average Bonchev–Trinajstić information content (AvgIpc) is 3.02. The van der Waals surface area contributed by atoms with Crippen LogP contribution in [0.5, 0.6) is 0 Å². The van der Waals surface area contributed by atoms with E-state index in [9.17, 15) is 9.90 Å². The molecule has 25 heavy (non-hydrogen) atoms. The summed E-state index contributed by atoms with van der Waals surface area (Å²) in [6, 6.07) is 7.48. The summed E-state index contributed by atoms with van der Waals surface area (Å²) in [5.74, 6) is -1.14. The molecule has 2 atom stereocenters. The van der Waals surface area contributed by atoms with Crippen molar-refractivity contribution >= 4 is 42.8 Å². The fourth-order valence-electron chi connectivity index (χ4n) is 3.30. The predicted octanol–water partition coefficient (Wildman–Crippen LogP) is 2.01. The number of halogens is 2. The lowest BCUT2D eigenvalue weighted by molar-refractivity contribution is -0.145. The highest BCUT2D eigenvalue weighted by molar-refractivity contribution is 6.40. The normalized spacial score (nSPS) is 19.2. The van der Waals surface area contributed by atoms with Gasteiger partial charge in [-0.25, -0.2) is 0 Å². The van der Waals surface area contributed by atoms with Crippen molar-refractivity contribution < 1.29 is 19.9 Å². The monoisotopic (exact) mass is 390 g/mol. The Balaban J connectivity index is 0.00000312. The molecule has 0 amide bonds. The van der Waals surface area contributed by atoms with Crippen molar-refractivity contribution in [2.24, 2.45) is 11.7 Å². The van der Waals surface area contributed by atoms with Gasteiger partial charge in [-0.05, 0) is 43.4 Å². The third kappa shape index (κ3) is 5.76. The van der Waals surface area contributed by atoms with E-state index in [2.05, 4.69) is 4.90 Å². The summed E-state index contributed by atoms with van der Waals surface area (Å²) in [4.78, 5) is 13.9. The smallest absolute Gasteiger partial charge is 0.451 e. The zero-order valence-corrected chi connectivity index (χ0v) is 15.5. The van der Waals surface area contributed by atoms with Crippen LogP contribution in [0.1, 0.15) is 25.7 Å². The number of anilines is 1. The van der Waals surface area contributed by atoms with Crippen LogP contribution >= 0.6 is 24.0 Å². The van der Waals surface area contributed by atoms with Crippen molar-refractivity contribution in [3.05, 3.63) is 29.3 Å². The Bertz CT molecular complexity index is 562. The van der Waals surface area contributed by atoms with Gasteiger partial charge < -0.3 is 25.8 Å². The van der Waals surface area contributed by atoms with Gasteiger partial charge in [-0.15, -0.1) is 12.4 Å². The largest absolute Gasteiger partial charge is 0.480 e. The third-order valence-corrected chi connectivity index (χ3v) is 5.06. The number of carboxylic acid groups (broad SMARTS) is 1. The van der Waals surface area contributed by atoms with Gasteiger partial charge in [0.05, 0.1) is 0 Å². The zero-order chi connectivity index (χ0) is 17.7. The molecule has 0 unspecified atom stereocenters. The number of nitrogens with two attached hydrogens (primary N) is 1. The third-order valence-electron chi connectivity index (χ3n) is 4.81. The minimum atomic E-state index is -1.35. The topological polar surface area (TPSA) is 107 Å². The second kappa shape index (κ2) is 9.64. The molecule has 1 aromatic rings. The molecule has 0 bridgehead atoms. The van der Waals surface area contributed by atoms with Gasteiger partial charge in [0.1, 0.15) is 5.54 Å². The fraction of sp³-hybridized carbons (Fsp3) is 0.562. The van der Waals surface area contributed by atoms with Gasteiger partial charge >= 0.3 is 13.1 Å². The van der Waals surface area contributed by atoms with Crippen LogP contribution in [-0.4, -0.2) is 46.9 Å². The minimum absolute atomic E-state index is 0. The Morgan fingerprint density at radius 1 is 1.32 bits per heavy atom. The molecule has 2 rings (SSSR count). The molecule has 9 heteroatoms. The van der Waals surface area contributed by atoms with Gasteiger partial charge in [-0.2, -0.15) is 0 Å². The van der Waals surface area contributed by atoms with Crippen LogP contribution in [0, 0.1) is 5.92 Å². The van der Waals surface area contributed by atoms with Crippen LogP contribution < -0.4 is 10.6 Å². The molecule has 1 fully saturated rings. The summed E-state index contributed by atoms with van der Waals surface area (Å²) in [5, 5.41) is 28.1. The molecule has 1 aliphatic rings. The van der Waals surface area contributed by atoms with Gasteiger partial charge in [-0.3, -0.25) is 4.79 Å². The van der Waals surface area contributed by atoms with E-state index < -0.39 is 18.6 Å². The zero-order valence-electron chi connectivity index (χ0n) is 14.0. The summed E-state index contributed by atoms with van der Waals surface area (Å²) >= 11 is 5.90. The van der Waals surface area contributed by atoms with Gasteiger partial charge in [-0.1, -0.05) is 24.4 Å². The van der Waals surface area contributed by atoms with E-state index in [1.54, 1.807) is 0 Å². The molecule has 6 nitrogen and oxygen atoms in total. The first-order chi connectivity index (χ1) is 11.3. The average molecular weight is 391 g/mol. The number of benzene rings is 1. The van der Waals surface area contributed by atoms with Crippen LogP contribution in [0.25, 0.3) is 0 Å². The second-order valence-electron chi connectivity index (χ2n) is 6.48. The van der Waals surface area contributed by atoms with Gasteiger partial charge in [0, 0.05) is 29.7 Å². The molecule has 1 aromatic carbocycles. The lowest BCUT2D eigenvalue weighted by Crippen LogP contribution is -2.55. The molecule has 0 saturated carbocycles. The number of carbonyl (C=O) groups is 1. The van der Waals surface area contributed by atoms with E-state index in [0.717, 1.165) is 12.2 Å². The highest BCUT2D eigenvalue weighted by Gasteiger charge is 2.44. The summed E-state index contributed by atoms with van der Waals surface area (Å²) < 4.78 is 0. The SMILES string of the molecule is Cl.N[C@@](CCCCB(O)O)(C(=O)O)[C@H]1CCN(c2ccc(Cl)cc2)C1. The Morgan fingerprint density at radius 3 is 2.52 bits per heavy atom. The number of hydrogen-bond donors (Lipinski definition) is 4. The van der Waals surface area contributed by atoms with Gasteiger partial charge in [0.25, 0.3) is 0 Å². The van der Waals surface area contributed by atoms with E-state index in [0.29, 0.717) is 37.3 Å². The van der Waals surface area contributed by atoms with E-state index >= 15 is 0 Å². The Hall–Kier alpha value is -0.985. The number of unbranched alkanes of at least 4 members (excludes halogenated alkanes) is 1. The quantitative estimate of drug-likeness (QED) is 0.399. The number of aliphatic carboxylic acids is 1. The standard InChI is InChI=1S/C16H24BClN2O4.ClH/c18-13-3-5-14(6-4-13)20-10-7-12(11-20)16(19,15(21)22)8-1-2-9-17(23)24;/h3-6,12,23-24H,1-2,7-11,19H2,(H,21,22);1H/t12-,16+;/m0./s1. The van der Waals surface area contributed by atoms with Crippen LogP contribution in [-0.2, 0) is 4.79 Å². The minimum Gasteiger partial charge on any atom is -0.480 e. The van der Waals surface area contributed by atoms with Crippen LogP contribution in [0.4, 0.5) is 5.69 Å². The highest BCUT2D eigenvalue weighted by Crippen LogP contribution is 2.33. The van der Waals surface area contributed by atoms with Crippen LogP contribution in [0.3, 0.4) is 0 Å². The van der Waals surface area contributed by atoms with E-state index in [4.69, 9.17) is 27.4 Å². The number of hydrogen-bond acceptors (Lipinski definition) is 5. The first-order valence-corrected chi connectivity index (χ1v) is 8.59. The van der Waals surface area contributed by atoms with Crippen molar-refractivity contribution in [3.63, 3.8) is 0 Å². The fourth-order valence-corrected chi connectivity index (χ4v) is 3.42. The summed E-state index contributed by atoms with van der Waals surface area (Å²) in [7, 11) is -1.35. The lowest BCUT2D eigenvalue weighted by Gasteiger charge is -2.31. The lowest BCUT2D eigenvalue weighted by atomic mass is 9.77. The van der Waals surface area contributed by atoms with E-state index in [-0.39, 0.29) is 24.6 Å². The Kier molecular flexibility index (Phi) is 8.51. The molecule has 1 heterocycles. The molecule has 0 spiro atoms. The van der Waals surface area contributed by atoms with Crippen molar-refractivity contribution in [1.29, 1.82) is 0 Å². The molecular weight excluding hydrogens is 366 g/mol. The van der Waals surface area contributed by atoms with E-state index in [1.807, 2.05) is 24.3 Å². The maximum atomic E-state index is 11.8. The molecule has 1 saturated heterocycles. The first-order valence-electron chi connectivity index (χ1n) is 8.22. The Morgan fingerprint density at radius 2 is 1.96 bits per heavy atom. The number of rotatable bonds is 8. The summed E-state index contributed by atoms with van der Waals surface area (Å²) in [6.07, 6.45) is 2.37. The van der Waals surface area contributed by atoms with Gasteiger partial charge in [0.2, 0.25) is 0 Å². The summed E-state index contributed by atoms with van der Waals surface area (Å²) in [5.41, 5.74) is 5.98. The molecule has 0 aromatic heterocycles. The van der Waals surface area contributed by atoms with Gasteiger partial charge in [0.15, 0.2) is 0 Å². The molecule has 0 radical (unpaired) electrons. The molecule has 0 aliphatic carbocycles. The summed E-state index contributed by atoms with van der Waals surface area (Å²) in [6.45, 7) is 1.35. The maximum absolute atomic E-state index is 11.8. The second-order valence-corrected chi connectivity index (χ2v) is 6.92. The molecule has 5 N–H and O–H groups in total. The number of carboxylic acids is 1. The molecule has 1 aliphatic heterocycles. The van der Waals surface area contributed by atoms with Crippen molar-refractivity contribution in [2.45, 2.75) is 37.5 Å². The van der Waals surface area contributed by atoms with Crippen LogP contribution in [0.15, 0.2) is 24.3 Å². The maximum Gasteiger partial charge on any atom is 0.451 e. The Labute approximate surface area is 159 Å². The predicted molar refractivity (Wildman–Crippen MR) is 102 cm³/mol. The van der Waals surface area contributed by atoms with Crippen molar-refractivity contribution in [2.75, 3.05) is 18.0 Å². The van der Waals surface area contributed by atoms with Crippen molar-refractivity contribution in [1.82, 2.24) is 0 Å². The number of nitrogens with zero attached hydrogens (tertiary/aromatic N) is 1. The highest BCUT2D eigenvalue weighted by atomic mass is 35.5. The first kappa shape index (κ1) is 22.1. The molecule has 140 valence electrons. The van der Waals surface area contributed by atoms with E-state index in [1.165, 1.54) is 0 Å². The van der Waals surface area contributed by atoms with Crippen molar-refractivity contribution in [3.8, 4) is 0 Å². The van der Waals surface area contributed by atoms with Crippen LogP contribution in [0.2, 0.25) is 11.3 Å². The molecular formula is C16H25BCl2N2O4.